The van der Waals surface area contributed by atoms with Crippen molar-refractivity contribution in [3.63, 3.8) is 0 Å². The molecule has 0 saturated heterocycles. The minimum absolute atomic E-state index is 0.263. The van der Waals surface area contributed by atoms with Gasteiger partial charge in [0.05, 0.1) is 19.9 Å². The molecule has 1 N–H and O–H groups in total. The van der Waals surface area contributed by atoms with Crippen LogP contribution in [0.25, 0.3) is 11.3 Å². The molecule has 3 aromatic rings. The molecule has 1 aliphatic rings. The van der Waals surface area contributed by atoms with E-state index in [1.807, 2.05) is 19.2 Å². The Morgan fingerprint density at radius 1 is 1.19 bits per heavy atom. The van der Waals surface area contributed by atoms with Gasteiger partial charge in [-0.1, -0.05) is 17.7 Å². The molecule has 7 heteroatoms. The van der Waals surface area contributed by atoms with E-state index >= 15 is 0 Å². The molecule has 4 rings (SSSR count). The number of anilines is 1. The summed E-state index contributed by atoms with van der Waals surface area (Å²) in [6, 6.07) is 10.9. The van der Waals surface area contributed by atoms with E-state index in [4.69, 9.17) is 21.1 Å². The maximum Gasteiger partial charge on any atom is 0.276 e. The zero-order valence-electron chi connectivity index (χ0n) is 15.2. The van der Waals surface area contributed by atoms with Crippen molar-refractivity contribution in [3.05, 3.63) is 58.2 Å². The van der Waals surface area contributed by atoms with E-state index in [-0.39, 0.29) is 5.91 Å². The Morgan fingerprint density at radius 3 is 2.63 bits per heavy atom. The number of halogens is 1. The molecule has 1 aliphatic carbocycles. The van der Waals surface area contributed by atoms with Crippen molar-refractivity contribution in [1.82, 2.24) is 9.78 Å². The Hall–Kier alpha value is -2.99. The summed E-state index contributed by atoms with van der Waals surface area (Å²) in [7, 11) is 5.05. The van der Waals surface area contributed by atoms with Crippen molar-refractivity contribution in [2.75, 3.05) is 19.5 Å². The number of ether oxygens (including phenoxy) is 2. The summed E-state index contributed by atoms with van der Waals surface area (Å²) in [5.74, 6) is 1.05. The molecule has 0 bridgehead atoms. The fourth-order valence-corrected chi connectivity index (χ4v) is 3.68. The predicted molar refractivity (Wildman–Crippen MR) is 104 cm³/mol. The molecule has 27 heavy (non-hydrogen) atoms. The zero-order chi connectivity index (χ0) is 19.1. The lowest BCUT2D eigenvalue weighted by Crippen LogP contribution is -2.14. The monoisotopic (exact) mass is 383 g/mol. The van der Waals surface area contributed by atoms with Gasteiger partial charge in [-0.25, -0.2) is 0 Å². The molecule has 1 heterocycles. The number of amides is 1. The van der Waals surface area contributed by atoms with Gasteiger partial charge in [0.15, 0.2) is 17.2 Å². The van der Waals surface area contributed by atoms with Crippen LogP contribution in [0.2, 0.25) is 5.02 Å². The lowest BCUT2D eigenvalue weighted by molar-refractivity contribution is 0.102. The number of aromatic nitrogens is 2. The largest absolute Gasteiger partial charge is 0.493 e. The number of carbonyl (C=O) groups is 1. The van der Waals surface area contributed by atoms with Crippen LogP contribution in [-0.4, -0.2) is 29.9 Å². The quantitative estimate of drug-likeness (QED) is 0.580. The summed E-state index contributed by atoms with van der Waals surface area (Å²) in [5, 5.41) is 7.87. The maximum atomic E-state index is 12.8. The number of fused-ring (bicyclic) bond motifs is 3. The fourth-order valence-electron chi connectivity index (χ4n) is 3.49. The van der Waals surface area contributed by atoms with Gasteiger partial charge in [-0.15, -0.1) is 0 Å². The molecule has 0 fully saturated rings. The number of nitrogens with zero attached hydrogens (tertiary/aromatic N) is 2. The molecule has 0 spiro atoms. The molecule has 1 amide bonds. The third-order valence-corrected chi connectivity index (χ3v) is 4.91. The molecule has 0 radical (unpaired) electrons. The van der Waals surface area contributed by atoms with Crippen LogP contribution in [0.5, 0.6) is 11.5 Å². The van der Waals surface area contributed by atoms with E-state index in [9.17, 15) is 4.79 Å². The molecular formula is C20H18ClN3O3. The summed E-state index contributed by atoms with van der Waals surface area (Å²) in [4.78, 5) is 12.8. The molecule has 2 aromatic carbocycles. The first-order chi connectivity index (χ1) is 13.0. The van der Waals surface area contributed by atoms with Gasteiger partial charge < -0.3 is 14.8 Å². The average Bonchev–Trinajstić information content (AvgIpc) is 3.17. The van der Waals surface area contributed by atoms with E-state index < -0.39 is 0 Å². The maximum absolute atomic E-state index is 12.8. The Morgan fingerprint density at radius 2 is 1.93 bits per heavy atom. The second-order valence-corrected chi connectivity index (χ2v) is 6.74. The van der Waals surface area contributed by atoms with Crippen LogP contribution >= 0.6 is 11.6 Å². The molecule has 6 nitrogen and oxygen atoms in total. The minimum atomic E-state index is -0.263. The number of methoxy groups -OCH3 is 2. The summed E-state index contributed by atoms with van der Waals surface area (Å²) in [6.45, 7) is 0. The summed E-state index contributed by atoms with van der Waals surface area (Å²) in [6.07, 6.45) is 0.608. The van der Waals surface area contributed by atoms with Gasteiger partial charge in [-0.05, 0) is 35.9 Å². The molecule has 0 unspecified atom stereocenters. The van der Waals surface area contributed by atoms with Gasteiger partial charge in [0, 0.05) is 35.3 Å². The zero-order valence-corrected chi connectivity index (χ0v) is 15.9. The van der Waals surface area contributed by atoms with Crippen molar-refractivity contribution in [2.45, 2.75) is 6.42 Å². The van der Waals surface area contributed by atoms with Gasteiger partial charge in [0.2, 0.25) is 0 Å². The van der Waals surface area contributed by atoms with Gasteiger partial charge in [-0.3, -0.25) is 9.48 Å². The highest BCUT2D eigenvalue weighted by molar-refractivity contribution is 6.31. The van der Waals surface area contributed by atoms with Gasteiger partial charge in [0.25, 0.3) is 5.91 Å². The first-order valence-electron chi connectivity index (χ1n) is 8.40. The summed E-state index contributed by atoms with van der Waals surface area (Å²) < 4.78 is 12.5. The Bertz CT molecular complexity index is 1060. The second-order valence-electron chi connectivity index (χ2n) is 6.30. The van der Waals surface area contributed by atoms with Crippen LogP contribution in [0, 0.1) is 0 Å². The number of aryl methyl sites for hydroxylation is 1. The van der Waals surface area contributed by atoms with Crippen LogP contribution in [-0.2, 0) is 13.5 Å². The lowest BCUT2D eigenvalue weighted by atomic mass is 10.1. The van der Waals surface area contributed by atoms with E-state index in [1.165, 1.54) is 0 Å². The number of benzene rings is 2. The third-order valence-electron chi connectivity index (χ3n) is 4.67. The van der Waals surface area contributed by atoms with E-state index in [0.717, 1.165) is 22.4 Å². The second kappa shape index (κ2) is 6.63. The van der Waals surface area contributed by atoms with Gasteiger partial charge >= 0.3 is 0 Å². The number of hydrogen-bond donors (Lipinski definition) is 1. The van der Waals surface area contributed by atoms with E-state index in [2.05, 4.69) is 10.4 Å². The molecule has 138 valence electrons. The van der Waals surface area contributed by atoms with Crippen LogP contribution < -0.4 is 14.8 Å². The van der Waals surface area contributed by atoms with Crippen molar-refractivity contribution >= 4 is 23.2 Å². The van der Waals surface area contributed by atoms with Gasteiger partial charge in [0.1, 0.15) is 0 Å². The number of nitrogens with one attached hydrogen (secondary N) is 1. The first kappa shape index (κ1) is 17.4. The number of hydrogen-bond acceptors (Lipinski definition) is 4. The predicted octanol–water partition coefficient (Wildman–Crippen LogP) is 3.91. The van der Waals surface area contributed by atoms with E-state index in [0.29, 0.717) is 34.3 Å². The van der Waals surface area contributed by atoms with Crippen molar-refractivity contribution < 1.29 is 14.3 Å². The summed E-state index contributed by atoms with van der Waals surface area (Å²) in [5.41, 5.74) is 4.92. The number of carbonyl (C=O) groups excluding carboxylic acids is 1. The summed E-state index contributed by atoms with van der Waals surface area (Å²) >= 11 is 6.00. The fraction of sp³-hybridized carbons (Fsp3) is 0.200. The van der Waals surface area contributed by atoms with Crippen LogP contribution in [0.4, 0.5) is 5.69 Å². The molecule has 0 atom stereocenters. The smallest absolute Gasteiger partial charge is 0.276 e. The minimum Gasteiger partial charge on any atom is -0.493 e. The standard InChI is InChI=1S/C20H18ClN3O3/c1-24-19-14-10-17(27-3)16(26-2)8-11(14)7-15(19)18(23-24)20(25)22-13-6-4-5-12(21)9-13/h4-6,8-10H,7H2,1-3H3,(H,22,25). The van der Waals surface area contributed by atoms with E-state index in [1.54, 1.807) is 43.2 Å². The van der Waals surface area contributed by atoms with Crippen molar-refractivity contribution in [2.24, 2.45) is 7.05 Å². The lowest BCUT2D eigenvalue weighted by Gasteiger charge is -2.11. The molecule has 1 aromatic heterocycles. The topological polar surface area (TPSA) is 65.4 Å². The molecule has 0 aliphatic heterocycles. The van der Waals surface area contributed by atoms with Gasteiger partial charge in [-0.2, -0.15) is 5.10 Å². The highest BCUT2D eigenvalue weighted by atomic mass is 35.5. The van der Waals surface area contributed by atoms with Crippen LogP contribution in [0.1, 0.15) is 21.6 Å². The van der Waals surface area contributed by atoms with Crippen LogP contribution in [0.15, 0.2) is 36.4 Å². The Balaban J connectivity index is 1.72. The molecular weight excluding hydrogens is 366 g/mol. The highest BCUT2D eigenvalue weighted by Crippen LogP contribution is 2.43. The average molecular weight is 384 g/mol. The van der Waals surface area contributed by atoms with Crippen molar-refractivity contribution in [3.8, 4) is 22.8 Å². The van der Waals surface area contributed by atoms with Crippen LogP contribution in [0.3, 0.4) is 0 Å². The Kier molecular flexibility index (Phi) is 4.28. The molecule has 0 saturated carbocycles. The SMILES string of the molecule is COc1cc2c(cc1OC)-c1c(c(C(=O)Nc3cccc(Cl)c3)nn1C)C2. The first-order valence-corrected chi connectivity index (χ1v) is 8.77. The Labute approximate surface area is 161 Å². The van der Waals surface area contributed by atoms with Crippen molar-refractivity contribution in [1.29, 1.82) is 0 Å². The number of rotatable bonds is 4. The normalized spacial score (nSPS) is 11.7. The highest BCUT2D eigenvalue weighted by Gasteiger charge is 2.31. The third kappa shape index (κ3) is 2.92.